The molecule has 1 heteroatoms. The van der Waals surface area contributed by atoms with E-state index in [1.165, 1.54) is 0 Å². The molecule has 70 valence electrons. The van der Waals surface area contributed by atoms with E-state index in [0.717, 1.165) is 17.6 Å². The predicted molar refractivity (Wildman–Crippen MR) is 57.8 cm³/mol. The molecule has 0 N–H and O–H groups in total. The summed E-state index contributed by atoms with van der Waals surface area (Å²) < 4.78 is 0. The minimum atomic E-state index is 0.247. The molecule has 0 amide bonds. The van der Waals surface area contributed by atoms with Gasteiger partial charge in [-0.1, -0.05) is 42.5 Å². The van der Waals surface area contributed by atoms with Crippen molar-refractivity contribution < 1.29 is 4.79 Å². The zero-order valence-electron chi connectivity index (χ0n) is 7.94. The first-order valence-electron chi connectivity index (χ1n) is 4.83. The van der Waals surface area contributed by atoms with Gasteiger partial charge in [0, 0.05) is 12.0 Å². The second kappa shape index (κ2) is 4.05. The summed E-state index contributed by atoms with van der Waals surface area (Å²) in [6.07, 6.45) is 7.44. The Hall–Kier alpha value is -1.63. The highest BCUT2D eigenvalue weighted by Gasteiger charge is 2.09. The zero-order chi connectivity index (χ0) is 9.80. The molecule has 0 atom stereocenters. The van der Waals surface area contributed by atoms with Crippen LogP contribution in [0.5, 0.6) is 0 Å². The van der Waals surface area contributed by atoms with Gasteiger partial charge in [0.05, 0.1) is 0 Å². The van der Waals surface area contributed by atoms with Gasteiger partial charge in [0.15, 0.2) is 5.78 Å². The summed E-state index contributed by atoms with van der Waals surface area (Å²) in [5, 5.41) is 0. The molecule has 1 aromatic carbocycles. The second-order valence-electron chi connectivity index (χ2n) is 3.37. The standard InChI is InChI=1S/C13H12O/c14-13-9-5-4-8-12(13)10-11-6-2-1-3-7-11/h1-4,6-8,10H,5,9H2. The highest BCUT2D eigenvalue weighted by atomic mass is 16.1. The fourth-order valence-corrected chi connectivity index (χ4v) is 1.52. The van der Waals surface area contributed by atoms with E-state index in [-0.39, 0.29) is 5.78 Å². The second-order valence-corrected chi connectivity index (χ2v) is 3.37. The van der Waals surface area contributed by atoms with Crippen molar-refractivity contribution in [1.29, 1.82) is 0 Å². The van der Waals surface area contributed by atoms with Gasteiger partial charge in [-0.05, 0) is 18.1 Å². The van der Waals surface area contributed by atoms with Crippen LogP contribution in [0.15, 0.2) is 48.1 Å². The van der Waals surface area contributed by atoms with Crippen LogP contribution in [0.3, 0.4) is 0 Å². The maximum atomic E-state index is 11.5. The van der Waals surface area contributed by atoms with E-state index in [4.69, 9.17) is 0 Å². The Labute approximate surface area is 83.8 Å². The molecule has 0 aliphatic heterocycles. The van der Waals surface area contributed by atoms with E-state index in [0.29, 0.717) is 6.42 Å². The number of hydrogen-bond acceptors (Lipinski definition) is 1. The molecule has 1 aliphatic rings. The summed E-state index contributed by atoms with van der Waals surface area (Å²) in [5.74, 6) is 0.247. The Balaban J connectivity index is 2.30. The van der Waals surface area contributed by atoms with Crippen LogP contribution in [-0.2, 0) is 4.79 Å². The topological polar surface area (TPSA) is 17.1 Å². The third-order valence-electron chi connectivity index (χ3n) is 2.28. The molecule has 1 nitrogen and oxygen atoms in total. The van der Waals surface area contributed by atoms with Crippen LogP contribution >= 0.6 is 0 Å². The van der Waals surface area contributed by atoms with Crippen LogP contribution in [0.4, 0.5) is 0 Å². The van der Waals surface area contributed by atoms with Gasteiger partial charge < -0.3 is 0 Å². The molecule has 14 heavy (non-hydrogen) atoms. The lowest BCUT2D eigenvalue weighted by atomic mass is 9.98. The van der Waals surface area contributed by atoms with Crippen molar-refractivity contribution in [2.24, 2.45) is 0 Å². The van der Waals surface area contributed by atoms with Crippen molar-refractivity contribution in [2.45, 2.75) is 12.8 Å². The third kappa shape index (κ3) is 1.99. The number of carbonyl (C=O) groups excluding carboxylic acids is 1. The smallest absolute Gasteiger partial charge is 0.163 e. The molecule has 0 saturated carbocycles. The molecule has 0 fully saturated rings. The van der Waals surface area contributed by atoms with Gasteiger partial charge in [-0.3, -0.25) is 4.79 Å². The maximum Gasteiger partial charge on any atom is 0.163 e. The molecule has 0 saturated heterocycles. The quantitative estimate of drug-likeness (QED) is 0.613. The SMILES string of the molecule is O=C1CCC=CC1=Cc1ccccc1. The molecule has 0 radical (unpaired) electrons. The summed E-state index contributed by atoms with van der Waals surface area (Å²) in [4.78, 5) is 11.5. The molecule has 0 heterocycles. The van der Waals surface area contributed by atoms with Crippen LogP contribution in [0.1, 0.15) is 18.4 Å². The van der Waals surface area contributed by atoms with E-state index in [9.17, 15) is 4.79 Å². The van der Waals surface area contributed by atoms with Crippen molar-refractivity contribution in [3.63, 3.8) is 0 Å². The van der Waals surface area contributed by atoms with Gasteiger partial charge >= 0.3 is 0 Å². The Bertz CT molecular complexity index is 385. The Morgan fingerprint density at radius 2 is 1.93 bits per heavy atom. The average molecular weight is 184 g/mol. The molecule has 2 rings (SSSR count). The fourth-order valence-electron chi connectivity index (χ4n) is 1.52. The summed E-state index contributed by atoms with van der Waals surface area (Å²) in [5.41, 5.74) is 1.91. The van der Waals surface area contributed by atoms with E-state index in [1.54, 1.807) is 0 Å². The molecule has 0 bridgehead atoms. The van der Waals surface area contributed by atoms with Crippen molar-refractivity contribution in [3.05, 3.63) is 53.6 Å². The predicted octanol–water partition coefficient (Wildman–Crippen LogP) is 2.99. The summed E-state index contributed by atoms with van der Waals surface area (Å²) >= 11 is 0. The first-order valence-corrected chi connectivity index (χ1v) is 4.83. The van der Waals surface area contributed by atoms with Crippen molar-refractivity contribution in [1.82, 2.24) is 0 Å². The van der Waals surface area contributed by atoms with Gasteiger partial charge in [-0.15, -0.1) is 0 Å². The molecule has 0 spiro atoms. The van der Waals surface area contributed by atoms with Gasteiger partial charge in [0.1, 0.15) is 0 Å². The van der Waals surface area contributed by atoms with Crippen molar-refractivity contribution in [3.8, 4) is 0 Å². The first-order chi connectivity index (χ1) is 6.86. The number of Topliss-reactive ketones (excluding diaryl/α,β-unsaturated/α-hetero) is 1. The molecular weight excluding hydrogens is 172 g/mol. The molecular formula is C13H12O. The largest absolute Gasteiger partial charge is 0.294 e. The Morgan fingerprint density at radius 1 is 1.14 bits per heavy atom. The van der Waals surface area contributed by atoms with Crippen molar-refractivity contribution >= 4 is 11.9 Å². The number of allylic oxidation sites excluding steroid dienone is 3. The van der Waals surface area contributed by atoms with Crippen LogP contribution < -0.4 is 0 Å². The highest BCUT2D eigenvalue weighted by Crippen LogP contribution is 2.15. The third-order valence-corrected chi connectivity index (χ3v) is 2.28. The highest BCUT2D eigenvalue weighted by molar-refractivity contribution is 6.03. The van der Waals surface area contributed by atoms with Crippen LogP contribution in [0.2, 0.25) is 0 Å². The van der Waals surface area contributed by atoms with Crippen molar-refractivity contribution in [2.75, 3.05) is 0 Å². The van der Waals surface area contributed by atoms with Crippen LogP contribution in [0, 0.1) is 0 Å². The zero-order valence-corrected chi connectivity index (χ0v) is 7.94. The number of benzene rings is 1. The van der Waals surface area contributed by atoms with E-state index in [2.05, 4.69) is 6.08 Å². The van der Waals surface area contributed by atoms with Gasteiger partial charge in [-0.25, -0.2) is 0 Å². The number of rotatable bonds is 1. The summed E-state index contributed by atoms with van der Waals surface area (Å²) in [7, 11) is 0. The van der Waals surface area contributed by atoms with Gasteiger partial charge in [0.25, 0.3) is 0 Å². The lowest BCUT2D eigenvalue weighted by Crippen LogP contribution is -2.03. The molecule has 1 aliphatic carbocycles. The fraction of sp³-hybridized carbons (Fsp3) is 0.154. The van der Waals surface area contributed by atoms with Gasteiger partial charge in [0.2, 0.25) is 0 Å². The molecule has 0 aromatic heterocycles. The van der Waals surface area contributed by atoms with E-state index < -0.39 is 0 Å². The van der Waals surface area contributed by atoms with Gasteiger partial charge in [-0.2, -0.15) is 0 Å². The van der Waals surface area contributed by atoms with E-state index in [1.807, 2.05) is 42.5 Å². The normalized spacial score (nSPS) is 18.9. The number of ketones is 1. The Morgan fingerprint density at radius 3 is 2.64 bits per heavy atom. The first kappa shape index (κ1) is 8.95. The number of hydrogen-bond donors (Lipinski definition) is 0. The molecule has 0 unspecified atom stereocenters. The van der Waals surface area contributed by atoms with E-state index >= 15 is 0 Å². The van der Waals surface area contributed by atoms with Crippen LogP contribution in [0.25, 0.3) is 6.08 Å². The lowest BCUT2D eigenvalue weighted by molar-refractivity contribution is -0.115. The lowest BCUT2D eigenvalue weighted by Gasteiger charge is -2.05. The maximum absolute atomic E-state index is 11.5. The summed E-state index contributed by atoms with van der Waals surface area (Å²) in [6, 6.07) is 9.93. The monoisotopic (exact) mass is 184 g/mol. The Kier molecular flexibility index (Phi) is 2.59. The summed E-state index contributed by atoms with van der Waals surface area (Å²) in [6.45, 7) is 0. The average Bonchev–Trinajstić information content (AvgIpc) is 2.23. The number of carbonyl (C=O) groups is 1. The van der Waals surface area contributed by atoms with Crippen LogP contribution in [-0.4, -0.2) is 5.78 Å². The minimum absolute atomic E-state index is 0.247. The molecule has 1 aromatic rings. The minimum Gasteiger partial charge on any atom is -0.294 e.